The fraction of sp³-hybridized carbons (Fsp3) is 0.500. The van der Waals surface area contributed by atoms with Crippen LogP contribution in [0, 0.1) is 5.92 Å². The first-order valence-electron chi connectivity index (χ1n) is 7.28. The Kier molecular flexibility index (Phi) is 5.16. The first-order chi connectivity index (χ1) is 9.65. The molecule has 0 aliphatic heterocycles. The lowest BCUT2D eigenvalue weighted by Gasteiger charge is -2.21. The molecule has 4 heteroatoms. The van der Waals surface area contributed by atoms with Gasteiger partial charge in [0.1, 0.15) is 0 Å². The number of hydrogen-bond acceptors (Lipinski definition) is 2. The van der Waals surface area contributed by atoms with E-state index in [9.17, 15) is 9.59 Å². The lowest BCUT2D eigenvalue weighted by Crippen LogP contribution is -2.15. The topological polar surface area (TPSA) is 66.4 Å². The Morgan fingerprint density at radius 1 is 1.20 bits per heavy atom. The number of carbonyl (C=O) groups excluding carboxylic acids is 1. The molecule has 0 saturated heterocycles. The van der Waals surface area contributed by atoms with Crippen LogP contribution in [0.3, 0.4) is 0 Å². The zero-order valence-corrected chi connectivity index (χ0v) is 11.6. The molecule has 2 rings (SSSR count). The van der Waals surface area contributed by atoms with E-state index in [1.807, 2.05) is 0 Å². The number of aromatic carboxylic acids is 1. The van der Waals surface area contributed by atoms with E-state index in [4.69, 9.17) is 5.11 Å². The van der Waals surface area contributed by atoms with E-state index in [-0.39, 0.29) is 11.5 Å². The van der Waals surface area contributed by atoms with Crippen LogP contribution >= 0.6 is 0 Å². The summed E-state index contributed by atoms with van der Waals surface area (Å²) in [7, 11) is 0. The molecule has 1 fully saturated rings. The average molecular weight is 275 g/mol. The van der Waals surface area contributed by atoms with Crippen molar-refractivity contribution in [1.82, 2.24) is 0 Å². The van der Waals surface area contributed by atoms with E-state index in [0.717, 1.165) is 6.42 Å². The van der Waals surface area contributed by atoms with E-state index >= 15 is 0 Å². The third kappa shape index (κ3) is 4.37. The Morgan fingerprint density at radius 2 is 1.95 bits per heavy atom. The molecule has 0 spiro atoms. The maximum absolute atomic E-state index is 11.9. The summed E-state index contributed by atoms with van der Waals surface area (Å²) in [5.41, 5.74) is 0.744. The van der Waals surface area contributed by atoms with Crippen molar-refractivity contribution in [2.75, 3.05) is 5.32 Å². The Balaban J connectivity index is 1.81. The van der Waals surface area contributed by atoms with Crippen molar-refractivity contribution in [3.8, 4) is 0 Å². The average Bonchev–Trinajstić information content (AvgIpc) is 2.46. The van der Waals surface area contributed by atoms with Gasteiger partial charge in [-0.25, -0.2) is 4.79 Å². The highest BCUT2D eigenvalue weighted by Crippen LogP contribution is 2.27. The molecule has 4 nitrogen and oxygen atoms in total. The van der Waals surface area contributed by atoms with Crippen molar-refractivity contribution < 1.29 is 14.7 Å². The highest BCUT2D eigenvalue weighted by Gasteiger charge is 2.15. The van der Waals surface area contributed by atoms with Crippen LogP contribution in [0.1, 0.15) is 55.3 Å². The standard InChI is InChI=1S/C16H21NO3/c18-15(10-9-12-5-2-1-3-6-12)17-14-8-4-7-13(11-14)16(19)20/h4,7-8,11-12H,1-3,5-6,9-10H2,(H,17,18)(H,19,20). The molecule has 0 aromatic heterocycles. The van der Waals surface area contributed by atoms with Gasteiger partial charge < -0.3 is 10.4 Å². The number of carbonyl (C=O) groups is 2. The molecule has 1 amide bonds. The van der Waals surface area contributed by atoms with Crippen LogP contribution in [0.5, 0.6) is 0 Å². The monoisotopic (exact) mass is 275 g/mol. The minimum absolute atomic E-state index is 0.0295. The first kappa shape index (κ1) is 14.6. The summed E-state index contributed by atoms with van der Waals surface area (Å²) >= 11 is 0. The van der Waals surface area contributed by atoms with Crippen molar-refractivity contribution in [1.29, 1.82) is 0 Å². The lowest BCUT2D eigenvalue weighted by atomic mass is 9.86. The second-order valence-electron chi connectivity index (χ2n) is 5.48. The largest absolute Gasteiger partial charge is 0.478 e. The fourth-order valence-electron chi connectivity index (χ4n) is 2.76. The summed E-state index contributed by atoms with van der Waals surface area (Å²) in [6.45, 7) is 0. The molecule has 0 atom stereocenters. The van der Waals surface area contributed by atoms with Crippen molar-refractivity contribution in [2.24, 2.45) is 5.92 Å². The van der Waals surface area contributed by atoms with Crippen LogP contribution in [-0.2, 0) is 4.79 Å². The third-order valence-electron chi connectivity index (χ3n) is 3.90. The van der Waals surface area contributed by atoms with Gasteiger partial charge in [0.15, 0.2) is 0 Å². The maximum Gasteiger partial charge on any atom is 0.335 e. The summed E-state index contributed by atoms with van der Waals surface area (Å²) in [5, 5.41) is 11.7. The van der Waals surface area contributed by atoms with Gasteiger partial charge >= 0.3 is 5.97 Å². The molecule has 0 radical (unpaired) electrons. The Hall–Kier alpha value is -1.84. The SMILES string of the molecule is O=C(CCC1CCCCC1)Nc1cccc(C(=O)O)c1. The van der Waals surface area contributed by atoms with Crippen molar-refractivity contribution in [2.45, 2.75) is 44.9 Å². The number of anilines is 1. The second-order valence-corrected chi connectivity index (χ2v) is 5.48. The number of nitrogens with one attached hydrogen (secondary N) is 1. The minimum Gasteiger partial charge on any atom is -0.478 e. The first-order valence-corrected chi connectivity index (χ1v) is 7.28. The third-order valence-corrected chi connectivity index (χ3v) is 3.90. The quantitative estimate of drug-likeness (QED) is 0.861. The summed E-state index contributed by atoms with van der Waals surface area (Å²) in [6, 6.07) is 6.35. The molecule has 1 aromatic rings. The van der Waals surface area contributed by atoms with Crippen molar-refractivity contribution in [3.63, 3.8) is 0 Å². The summed E-state index contributed by atoms with van der Waals surface area (Å²) in [4.78, 5) is 22.7. The number of carboxylic acids is 1. The summed E-state index contributed by atoms with van der Waals surface area (Å²) in [6.07, 6.45) is 7.82. The molecule has 1 aliphatic carbocycles. The van der Waals surface area contributed by atoms with E-state index in [1.165, 1.54) is 44.2 Å². The zero-order chi connectivity index (χ0) is 14.4. The molecule has 0 heterocycles. The van der Waals surface area contributed by atoms with Crippen LogP contribution in [0.25, 0.3) is 0 Å². The number of hydrogen-bond donors (Lipinski definition) is 2. The molecule has 20 heavy (non-hydrogen) atoms. The number of amides is 1. The summed E-state index contributed by atoms with van der Waals surface area (Å²) in [5.74, 6) is -0.332. The van der Waals surface area contributed by atoms with Gasteiger partial charge in [-0.3, -0.25) is 4.79 Å². The van der Waals surface area contributed by atoms with E-state index in [0.29, 0.717) is 18.0 Å². The molecule has 0 bridgehead atoms. The van der Waals surface area contributed by atoms with Gasteiger partial charge in [0.25, 0.3) is 0 Å². The number of carboxylic acid groups (broad SMARTS) is 1. The van der Waals surface area contributed by atoms with Crippen LogP contribution in [0.2, 0.25) is 0 Å². The normalized spacial score (nSPS) is 15.8. The van der Waals surface area contributed by atoms with E-state index < -0.39 is 5.97 Å². The molecule has 1 aromatic carbocycles. The van der Waals surface area contributed by atoms with Gasteiger partial charge in [-0.05, 0) is 30.5 Å². The molecule has 2 N–H and O–H groups in total. The number of rotatable bonds is 5. The highest BCUT2D eigenvalue weighted by atomic mass is 16.4. The lowest BCUT2D eigenvalue weighted by molar-refractivity contribution is -0.116. The van der Waals surface area contributed by atoms with Gasteiger partial charge in [-0.15, -0.1) is 0 Å². The van der Waals surface area contributed by atoms with Crippen LogP contribution in [0.15, 0.2) is 24.3 Å². The molecular formula is C16H21NO3. The van der Waals surface area contributed by atoms with Crippen LogP contribution < -0.4 is 5.32 Å². The van der Waals surface area contributed by atoms with Gasteiger partial charge in [0.2, 0.25) is 5.91 Å². The summed E-state index contributed by atoms with van der Waals surface area (Å²) < 4.78 is 0. The highest BCUT2D eigenvalue weighted by molar-refractivity contribution is 5.93. The fourth-order valence-corrected chi connectivity index (χ4v) is 2.76. The Morgan fingerprint density at radius 3 is 2.65 bits per heavy atom. The Bertz CT molecular complexity index is 478. The van der Waals surface area contributed by atoms with E-state index in [2.05, 4.69) is 5.32 Å². The molecule has 108 valence electrons. The van der Waals surface area contributed by atoms with Gasteiger partial charge in [0.05, 0.1) is 5.56 Å². The minimum atomic E-state index is -0.983. The molecule has 1 aliphatic rings. The van der Waals surface area contributed by atoms with Gasteiger partial charge in [-0.2, -0.15) is 0 Å². The smallest absolute Gasteiger partial charge is 0.335 e. The Labute approximate surface area is 119 Å². The maximum atomic E-state index is 11.9. The van der Waals surface area contributed by atoms with E-state index in [1.54, 1.807) is 12.1 Å². The molecule has 1 saturated carbocycles. The molecular weight excluding hydrogens is 254 g/mol. The van der Waals surface area contributed by atoms with Crippen LogP contribution in [-0.4, -0.2) is 17.0 Å². The zero-order valence-electron chi connectivity index (χ0n) is 11.6. The number of benzene rings is 1. The van der Waals surface area contributed by atoms with Gasteiger partial charge in [0, 0.05) is 12.1 Å². The predicted molar refractivity (Wildman–Crippen MR) is 77.8 cm³/mol. The predicted octanol–water partition coefficient (Wildman–Crippen LogP) is 3.68. The van der Waals surface area contributed by atoms with Crippen LogP contribution in [0.4, 0.5) is 5.69 Å². The second kappa shape index (κ2) is 7.08. The van der Waals surface area contributed by atoms with Crippen molar-refractivity contribution >= 4 is 17.6 Å². The van der Waals surface area contributed by atoms with Gasteiger partial charge in [-0.1, -0.05) is 38.2 Å². The van der Waals surface area contributed by atoms with Crippen molar-refractivity contribution in [3.05, 3.63) is 29.8 Å². The molecule has 0 unspecified atom stereocenters.